The number of alkyl halides is 1. The molecule has 2 aromatic carbocycles. The number of nitrogens with zero attached hydrogens (tertiary/aromatic N) is 1. The molecule has 2 rings (SSSR count). The van der Waals surface area contributed by atoms with Crippen molar-refractivity contribution < 1.29 is 9.66 Å². The Labute approximate surface area is 130 Å². The van der Waals surface area contributed by atoms with Gasteiger partial charge in [-0.2, -0.15) is 0 Å². The lowest BCUT2D eigenvalue weighted by molar-refractivity contribution is -0.385. The molecular formula is C13H8Cl3NO3. The van der Waals surface area contributed by atoms with E-state index in [2.05, 4.69) is 0 Å². The summed E-state index contributed by atoms with van der Waals surface area (Å²) in [6.07, 6.45) is 0. The van der Waals surface area contributed by atoms with Crippen LogP contribution >= 0.6 is 34.8 Å². The second-order valence-corrected chi connectivity index (χ2v) is 4.97. The first-order valence-corrected chi connectivity index (χ1v) is 6.76. The number of hydrogen-bond donors (Lipinski definition) is 0. The zero-order valence-electron chi connectivity index (χ0n) is 9.98. The summed E-state index contributed by atoms with van der Waals surface area (Å²) < 4.78 is 5.57. The number of ether oxygens (including phenoxy) is 1. The van der Waals surface area contributed by atoms with Crippen molar-refractivity contribution in [1.82, 2.24) is 0 Å². The van der Waals surface area contributed by atoms with Gasteiger partial charge >= 0.3 is 0 Å². The van der Waals surface area contributed by atoms with Crippen molar-refractivity contribution >= 4 is 40.5 Å². The average Bonchev–Trinajstić information content (AvgIpc) is 2.41. The minimum Gasteiger partial charge on any atom is -0.456 e. The highest BCUT2D eigenvalue weighted by Gasteiger charge is 2.14. The highest BCUT2D eigenvalue weighted by Crippen LogP contribution is 2.33. The monoisotopic (exact) mass is 331 g/mol. The van der Waals surface area contributed by atoms with E-state index in [4.69, 9.17) is 39.5 Å². The molecule has 0 heterocycles. The molecule has 0 aliphatic rings. The van der Waals surface area contributed by atoms with Crippen LogP contribution in [0.25, 0.3) is 0 Å². The first-order valence-electron chi connectivity index (χ1n) is 5.47. The standard InChI is InChI=1S/C13H8Cl3NO3/c14-7-8-5-10(2-3-12(8)17(18)19)20-13-4-1-9(15)6-11(13)16/h1-6H,7H2. The van der Waals surface area contributed by atoms with Crippen LogP contribution in [-0.4, -0.2) is 4.92 Å². The maximum absolute atomic E-state index is 10.8. The lowest BCUT2D eigenvalue weighted by Crippen LogP contribution is -1.94. The molecule has 0 aromatic heterocycles. The lowest BCUT2D eigenvalue weighted by atomic mass is 10.2. The summed E-state index contributed by atoms with van der Waals surface area (Å²) >= 11 is 17.5. The highest BCUT2D eigenvalue weighted by atomic mass is 35.5. The molecule has 0 saturated carbocycles. The van der Waals surface area contributed by atoms with Crippen LogP contribution in [-0.2, 0) is 5.88 Å². The van der Waals surface area contributed by atoms with E-state index in [0.29, 0.717) is 27.1 Å². The Morgan fingerprint density at radius 2 is 1.90 bits per heavy atom. The molecule has 104 valence electrons. The number of nitro groups is 1. The van der Waals surface area contributed by atoms with Gasteiger partial charge in [0.25, 0.3) is 5.69 Å². The van der Waals surface area contributed by atoms with Crippen molar-refractivity contribution in [2.24, 2.45) is 0 Å². The number of rotatable bonds is 4. The molecule has 7 heteroatoms. The predicted molar refractivity (Wildman–Crippen MR) is 79.2 cm³/mol. The molecule has 0 atom stereocenters. The summed E-state index contributed by atoms with van der Waals surface area (Å²) in [7, 11) is 0. The molecule has 0 N–H and O–H groups in total. The third kappa shape index (κ3) is 3.33. The molecule has 0 unspecified atom stereocenters. The van der Waals surface area contributed by atoms with Crippen LogP contribution < -0.4 is 4.74 Å². The zero-order valence-corrected chi connectivity index (χ0v) is 12.2. The smallest absolute Gasteiger partial charge is 0.274 e. The Morgan fingerprint density at radius 1 is 1.15 bits per heavy atom. The third-order valence-electron chi connectivity index (χ3n) is 2.51. The Morgan fingerprint density at radius 3 is 2.50 bits per heavy atom. The second kappa shape index (κ2) is 6.31. The quantitative estimate of drug-likeness (QED) is 0.426. The first-order chi connectivity index (χ1) is 9.51. The molecule has 0 fully saturated rings. The maximum atomic E-state index is 10.8. The molecule has 0 bridgehead atoms. The Hall–Kier alpha value is -1.49. The van der Waals surface area contributed by atoms with Gasteiger partial charge in [0, 0.05) is 16.7 Å². The van der Waals surface area contributed by atoms with Crippen LogP contribution in [0.4, 0.5) is 5.69 Å². The van der Waals surface area contributed by atoms with Gasteiger partial charge in [-0.3, -0.25) is 10.1 Å². The molecular weight excluding hydrogens is 325 g/mol. The van der Waals surface area contributed by atoms with E-state index in [1.54, 1.807) is 18.2 Å². The zero-order chi connectivity index (χ0) is 14.7. The van der Waals surface area contributed by atoms with Crippen molar-refractivity contribution in [1.29, 1.82) is 0 Å². The summed E-state index contributed by atoms with van der Waals surface area (Å²) in [5.74, 6) is 0.836. The molecule has 0 radical (unpaired) electrons. The summed E-state index contributed by atoms with van der Waals surface area (Å²) in [4.78, 5) is 10.3. The van der Waals surface area contributed by atoms with Gasteiger partial charge in [0.2, 0.25) is 0 Å². The van der Waals surface area contributed by atoms with Crippen LogP contribution in [0.5, 0.6) is 11.5 Å². The average molecular weight is 333 g/mol. The normalized spacial score (nSPS) is 10.3. The minimum absolute atomic E-state index is 0.0157. The van der Waals surface area contributed by atoms with E-state index >= 15 is 0 Å². The molecule has 0 amide bonds. The predicted octanol–water partition coefficient (Wildman–Crippen LogP) is 5.43. The van der Waals surface area contributed by atoms with Gasteiger partial charge in [0.15, 0.2) is 0 Å². The summed E-state index contributed by atoms with van der Waals surface area (Å²) in [6.45, 7) is 0. The highest BCUT2D eigenvalue weighted by molar-refractivity contribution is 6.35. The van der Waals surface area contributed by atoms with E-state index in [1.807, 2.05) is 0 Å². The Bertz CT molecular complexity index is 661. The van der Waals surface area contributed by atoms with Crippen LogP contribution in [0.2, 0.25) is 10.0 Å². The summed E-state index contributed by atoms with van der Waals surface area (Å²) in [6, 6.07) is 9.14. The molecule has 20 heavy (non-hydrogen) atoms. The van der Waals surface area contributed by atoms with Crippen molar-refractivity contribution in [3.63, 3.8) is 0 Å². The minimum atomic E-state index is -0.489. The van der Waals surface area contributed by atoms with Crippen LogP contribution in [0.1, 0.15) is 5.56 Å². The fourth-order valence-electron chi connectivity index (χ4n) is 1.60. The second-order valence-electron chi connectivity index (χ2n) is 3.86. The van der Waals surface area contributed by atoms with E-state index in [9.17, 15) is 10.1 Å². The van der Waals surface area contributed by atoms with E-state index in [-0.39, 0.29) is 11.6 Å². The maximum Gasteiger partial charge on any atom is 0.274 e. The number of hydrogen-bond acceptors (Lipinski definition) is 3. The SMILES string of the molecule is O=[N+]([O-])c1ccc(Oc2ccc(Cl)cc2Cl)cc1CCl. The molecule has 0 aliphatic heterocycles. The van der Waals surface area contributed by atoms with Gasteiger partial charge in [-0.1, -0.05) is 23.2 Å². The van der Waals surface area contributed by atoms with Crippen LogP contribution in [0.3, 0.4) is 0 Å². The van der Waals surface area contributed by atoms with Gasteiger partial charge in [0.1, 0.15) is 11.5 Å². The van der Waals surface area contributed by atoms with Crippen molar-refractivity contribution in [2.75, 3.05) is 0 Å². The van der Waals surface area contributed by atoms with Gasteiger partial charge in [-0.25, -0.2) is 0 Å². The van der Waals surface area contributed by atoms with Gasteiger partial charge < -0.3 is 4.74 Å². The topological polar surface area (TPSA) is 52.4 Å². The van der Waals surface area contributed by atoms with Crippen molar-refractivity contribution in [2.45, 2.75) is 5.88 Å². The van der Waals surface area contributed by atoms with Gasteiger partial charge in [-0.15, -0.1) is 11.6 Å². The lowest BCUT2D eigenvalue weighted by Gasteiger charge is -2.09. The summed E-state index contributed by atoms with van der Waals surface area (Å²) in [5.41, 5.74) is 0.328. The number of benzene rings is 2. The van der Waals surface area contributed by atoms with E-state index in [1.165, 1.54) is 18.2 Å². The largest absolute Gasteiger partial charge is 0.456 e. The van der Waals surface area contributed by atoms with Gasteiger partial charge in [0.05, 0.1) is 15.8 Å². The molecule has 4 nitrogen and oxygen atoms in total. The Balaban J connectivity index is 2.32. The molecule has 0 aliphatic carbocycles. The third-order valence-corrected chi connectivity index (χ3v) is 3.33. The van der Waals surface area contributed by atoms with E-state index in [0.717, 1.165) is 0 Å². The fraction of sp³-hybridized carbons (Fsp3) is 0.0769. The van der Waals surface area contributed by atoms with Crippen molar-refractivity contribution in [3.05, 3.63) is 62.1 Å². The molecule has 0 spiro atoms. The summed E-state index contributed by atoms with van der Waals surface area (Å²) in [5, 5.41) is 11.7. The molecule has 0 saturated heterocycles. The van der Waals surface area contributed by atoms with Gasteiger partial charge in [-0.05, 0) is 30.3 Å². The Kier molecular flexibility index (Phi) is 4.70. The van der Waals surface area contributed by atoms with Crippen LogP contribution in [0, 0.1) is 10.1 Å². The molecule has 2 aromatic rings. The van der Waals surface area contributed by atoms with E-state index < -0.39 is 4.92 Å². The number of nitro benzene ring substituents is 1. The number of halogens is 3. The van der Waals surface area contributed by atoms with Crippen molar-refractivity contribution in [3.8, 4) is 11.5 Å². The van der Waals surface area contributed by atoms with Crippen LogP contribution in [0.15, 0.2) is 36.4 Å². The first kappa shape index (κ1) is 14.9. The fourth-order valence-corrected chi connectivity index (χ4v) is 2.26.